The SMILES string of the molecule is C[C@H]1CN(C(=O)C(C)(C)C)[C@@H]2c3cncc(C#Cc4ccccc4)c3C21. The summed E-state index contributed by atoms with van der Waals surface area (Å²) in [6.07, 6.45) is 3.79. The highest BCUT2D eigenvalue weighted by molar-refractivity contribution is 5.83. The molecule has 1 saturated heterocycles. The molecule has 1 aromatic heterocycles. The van der Waals surface area contributed by atoms with E-state index in [9.17, 15) is 4.79 Å². The Morgan fingerprint density at radius 2 is 1.88 bits per heavy atom. The van der Waals surface area contributed by atoms with Crippen LogP contribution in [0.3, 0.4) is 0 Å². The van der Waals surface area contributed by atoms with Gasteiger partial charge in [0.25, 0.3) is 0 Å². The minimum atomic E-state index is -0.359. The number of nitrogens with zero attached hydrogens (tertiary/aromatic N) is 2. The van der Waals surface area contributed by atoms with Crippen LogP contribution in [0.4, 0.5) is 0 Å². The third kappa shape index (κ3) is 2.61. The molecule has 4 rings (SSSR count). The van der Waals surface area contributed by atoms with Crippen LogP contribution >= 0.6 is 0 Å². The van der Waals surface area contributed by atoms with Gasteiger partial charge >= 0.3 is 0 Å². The van der Waals surface area contributed by atoms with Crippen LogP contribution in [0, 0.1) is 23.2 Å². The molecule has 2 heterocycles. The Bertz CT molecular complexity index is 915. The Kier molecular flexibility index (Phi) is 3.88. The number of amides is 1. The van der Waals surface area contributed by atoms with Crippen molar-refractivity contribution in [3.8, 4) is 11.8 Å². The van der Waals surface area contributed by atoms with Gasteiger partial charge in [-0.15, -0.1) is 0 Å². The highest BCUT2D eigenvalue weighted by atomic mass is 16.2. The van der Waals surface area contributed by atoms with E-state index in [2.05, 4.69) is 28.6 Å². The molecule has 0 radical (unpaired) electrons. The van der Waals surface area contributed by atoms with Crippen LogP contribution < -0.4 is 0 Å². The zero-order valence-corrected chi connectivity index (χ0v) is 15.8. The van der Waals surface area contributed by atoms with Gasteiger partial charge in [-0.1, -0.05) is 57.7 Å². The van der Waals surface area contributed by atoms with Crippen molar-refractivity contribution in [1.29, 1.82) is 0 Å². The van der Waals surface area contributed by atoms with E-state index in [1.165, 1.54) is 11.1 Å². The van der Waals surface area contributed by atoms with Crippen molar-refractivity contribution in [3.63, 3.8) is 0 Å². The number of rotatable bonds is 0. The van der Waals surface area contributed by atoms with Crippen molar-refractivity contribution in [2.45, 2.75) is 39.7 Å². The molecule has 0 bridgehead atoms. The van der Waals surface area contributed by atoms with Gasteiger partial charge in [-0.25, -0.2) is 0 Å². The summed E-state index contributed by atoms with van der Waals surface area (Å²) in [6.45, 7) is 9.03. The fraction of sp³-hybridized carbons (Fsp3) is 0.391. The summed E-state index contributed by atoms with van der Waals surface area (Å²) in [4.78, 5) is 19.4. The van der Waals surface area contributed by atoms with Gasteiger partial charge in [-0.2, -0.15) is 0 Å². The standard InChI is InChI=1S/C23H24N2O/c1-15-14-25(22(26)23(2,3)4)21-18-13-24-12-17(20(18)19(15)21)11-10-16-8-6-5-7-9-16/h5-9,12-13,15,19,21H,14H2,1-4H3/t15-,19?,21+/m0/s1. The van der Waals surface area contributed by atoms with Gasteiger partial charge in [-0.3, -0.25) is 9.78 Å². The smallest absolute Gasteiger partial charge is 0.228 e. The Morgan fingerprint density at radius 3 is 2.58 bits per heavy atom. The molecule has 1 aromatic carbocycles. The zero-order chi connectivity index (χ0) is 18.5. The van der Waals surface area contributed by atoms with Crippen molar-refractivity contribution in [2.75, 3.05) is 6.54 Å². The van der Waals surface area contributed by atoms with Gasteiger partial charge < -0.3 is 4.90 Å². The molecule has 2 aromatic rings. The van der Waals surface area contributed by atoms with E-state index in [0.717, 1.165) is 17.7 Å². The molecule has 1 aliphatic carbocycles. The van der Waals surface area contributed by atoms with E-state index in [-0.39, 0.29) is 17.4 Å². The molecule has 1 unspecified atom stereocenters. The molecule has 26 heavy (non-hydrogen) atoms. The van der Waals surface area contributed by atoms with Crippen LogP contribution in [-0.4, -0.2) is 22.3 Å². The number of fused-ring (bicyclic) bond motifs is 4. The molecule has 0 saturated carbocycles. The number of benzene rings is 1. The lowest BCUT2D eigenvalue weighted by molar-refractivity contribution is -0.141. The van der Waals surface area contributed by atoms with Crippen LogP contribution in [0.25, 0.3) is 0 Å². The number of aromatic nitrogens is 1. The third-order valence-corrected chi connectivity index (χ3v) is 5.46. The monoisotopic (exact) mass is 344 g/mol. The molecule has 0 spiro atoms. The number of carbonyl (C=O) groups excluding carboxylic acids is 1. The maximum Gasteiger partial charge on any atom is 0.228 e. The van der Waals surface area contributed by atoms with Gasteiger partial charge in [-0.05, 0) is 29.2 Å². The van der Waals surface area contributed by atoms with E-state index in [4.69, 9.17) is 0 Å². The first-order valence-electron chi connectivity index (χ1n) is 9.24. The molecule has 3 heteroatoms. The van der Waals surface area contributed by atoms with Crippen LogP contribution in [-0.2, 0) is 4.79 Å². The van der Waals surface area contributed by atoms with Crippen molar-refractivity contribution >= 4 is 5.91 Å². The van der Waals surface area contributed by atoms with E-state index in [0.29, 0.717) is 11.8 Å². The number of carbonyl (C=O) groups is 1. The van der Waals surface area contributed by atoms with Gasteiger partial charge in [0, 0.05) is 41.4 Å². The number of hydrogen-bond acceptors (Lipinski definition) is 2. The lowest BCUT2D eigenvalue weighted by Gasteiger charge is -2.41. The Hall–Kier alpha value is -2.60. The van der Waals surface area contributed by atoms with Crippen molar-refractivity contribution in [3.05, 3.63) is 65.0 Å². The molecular weight excluding hydrogens is 320 g/mol. The fourth-order valence-corrected chi connectivity index (χ4v) is 4.24. The summed E-state index contributed by atoms with van der Waals surface area (Å²) in [6, 6.07) is 10.2. The molecule has 3 atom stereocenters. The van der Waals surface area contributed by atoms with Crippen molar-refractivity contribution in [2.24, 2.45) is 11.3 Å². The second-order valence-corrected chi connectivity index (χ2v) is 8.46. The van der Waals surface area contributed by atoms with Gasteiger partial charge in [0.15, 0.2) is 0 Å². The molecule has 2 aliphatic rings. The Labute approximate surface area is 155 Å². The quantitative estimate of drug-likeness (QED) is 0.673. The fourth-order valence-electron chi connectivity index (χ4n) is 4.24. The topological polar surface area (TPSA) is 33.2 Å². The van der Waals surface area contributed by atoms with Crippen LogP contribution in [0.5, 0.6) is 0 Å². The average Bonchev–Trinajstić information content (AvgIpc) is 2.88. The summed E-state index contributed by atoms with van der Waals surface area (Å²) in [7, 11) is 0. The Balaban J connectivity index is 1.70. The second-order valence-electron chi connectivity index (χ2n) is 8.46. The third-order valence-electron chi connectivity index (χ3n) is 5.46. The van der Waals surface area contributed by atoms with E-state index < -0.39 is 0 Å². The number of pyridine rings is 1. The highest BCUT2D eigenvalue weighted by Gasteiger charge is 2.53. The maximum atomic E-state index is 12.9. The molecule has 3 nitrogen and oxygen atoms in total. The minimum absolute atomic E-state index is 0.165. The van der Waals surface area contributed by atoms with Gasteiger partial charge in [0.1, 0.15) is 0 Å². The van der Waals surface area contributed by atoms with Crippen LogP contribution in [0.2, 0.25) is 0 Å². The summed E-state index contributed by atoms with van der Waals surface area (Å²) < 4.78 is 0. The molecular formula is C23H24N2O. The normalized spacial score (nSPS) is 23.4. The maximum absolute atomic E-state index is 12.9. The first kappa shape index (κ1) is 16.8. The van der Waals surface area contributed by atoms with E-state index >= 15 is 0 Å². The minimum Gasteiger partial charge on any atom is -0.334 e. The predicted octanol–water partition coefficient (Wildman–Crippen LogP) is 4.14. The van der Waals surface area contributed by atoms with Crippen molar-refractivity contribution < 1.29 is 4.79 Å². The molecule has 1 fully saturated rings. The molecule has 0 N–H and O–H groups in total. The zero-order valence-electron chi connectivity index (χ0n) is 15.8. The van der Waals surface area contributed by atoms with E-state index in [1.54, 1.807) is 0 Å². The van der Waals surface area contributed by atoms with Gasteiger partial charge in [0.05, 0.1) is 6.04 Å². The lowest BCUT2D eigenvalue weighted by Crippen LogP contribution is -2.42. The summed E-state index contributed by atoms with van der Waals surface area (Å²) in [5.74, 6) is 7.60. The van der Waals surface area contributed by atoms with Crippen molar-refractivity contribution in [1.82, 2.24) is 9.88 Å². The molecule has 1 amide bonds. The molecule has 1 aliphatic heterocycles. The summed E-state index contributed by atoms with van der Waals surface area (Å²) >= 11 is 0. The molecule has 132 valence electrons. The first-order valence-corrected chi connectivity index (χ1v) is 9.24. The second kappa shape index (κ2) is 5.99. The predicted molar refractivity (Wildman–Crippen MR) is 102 cm³/mol. The van der Waals surface area contributed by atoms with Gasteiger partial charge in [0.2, 0.25) is 5.91 Å². The van der Waals surface area contributed by atoms with E-state index in [1.807, 2.05) is 63.5 Å². The van der Waals surface area contributed by atoms with Crippen LogP contribution in [0.15, 0.2) is 42.7 Å². The first-order chi connectivity index (χ1) is 12.4. The number of likely N-dealkylation sites (tertiary alicyclic amines) is 1. The average molecular weight is 344 g/mol. The summed E-state index contributed by atoms with van der Waals surface area (Å²) in [5, 5.41) is 0. The largest absolute Gasteiger partial charge is 0.334 e. The highest BCUT2D eigenvalue weighted by Crippen LogP contribution is 2.58. The lowest BCUT2D eigenvalue weighted by atomic mass is 9.68. The van der Waals surface area contributed by atoms with Crippen LogP contribution in [0.1, 0.15) is 61.9 Å². The Morgan fingerprint density at radius 1 is 1.15 bits per heavy atom. The number of hydrogen-bond donors (Lipinski definition) is 0. The summed E-state index contributed by atoms with van der Waals surface area (Å²) in [5.41, 5.74) is 4.12.